The van der Waals surface area contributed by atoms with Gasteiger partial charge in [-0.1, -0.05) is 12.2 Å². The van der Waals surface area contributed by atoms with Gasteiger partial charge < -0.3 is 14.2 Å². The molecule has 1 saturated carbocycles. The number of esters is 1. The Labute approximate surface area is 180 Å². The summed E-state index contributed by atoms with van der Waals surface area (Å²) < 4.78 is 16.3. The predicted molar refractivity (Wildman–Crippen MR) is 111 cm³/mol. The van der Waals surface area contributed by atoms with Gasteiger partial charge in [0.25, 0.3) is 11.8 Å². The van der Waals surface area contributed by atoms with Crippen molar-refractivity contribution in [2.24, 2.45) is 28.8 Å². The van der Waals surface area contributed by atoms with Crippen molar-refractivity contribution in [1.29, 1.82) is 0 Å². The fraction of sp³-hybridized carbons (Fsp3) is 0.478. The van der Waals surface area contributed by atoms with Crippen LogP contribution in [0.5, 0.6) is 11.5 Å². The molecule has 0 radical (unpaired) electrons. The second-order valence-electron chi connectivity index (χ2n) is 7.88. The number of allylic oxidation sites excluding steroid dienone is 2. The Balaban J connectivity index is 1.49. The third-order valence-corrected chi connectivity index (χ3v) is 5.96. The van der Waals surface area contributed by atoms with Gasteiger partial charge in [-0.3, -0.25) is 9.59 Å². The van der Waals surface area contributed by atoms with Gasteiger partial charge in [-0.05, 0) is 62.8 Å². The highest BCUT2D eigenvalue weighted by Gasteiger charge is 2.59. The lowest BCUT2D eigenvalue weighted by molar-refractivity contribution is -0.150. The van der Waals surface area contributed by atoms with Crippen LogP contribution in [0, 0.1) is 23.7 Å². The number of benzene rings is 1. The number of carbonyl (C=O) groups excluding carboxylic acids is 3. The molecule has 1 aromatic carbocycles. The van der Waals surface area contributed by atoms with E-state index in [1.165, 1.54) is 6.21 Å². The van der Waals surface area contributed by atoms with Crippen LogP contribution in [0.25, 0.3) is 0 Å². The molecular formula is C23H26N2O6. The zero-order valence-corrected chi connectivity index (χ0v) is 17.8. The van der Waals surface area contributed by atoms with Gasteiger partial charge in [0.05, 0.1) is 31.3 Å². The summed E-state index contributed by atoms with van der Waals surface area (Å²) in [6.45, 7) is 5.84. The molecule has 8 nitrogen and oxygen atoms in total. The van der Waals surface area contributed by atoms with E-state index in [1.54, 1.807) is 32.0 Å². The number of hydrogen-bond acceptors (Lipinski definition) is 7. The van der Waals surface area contributed by atoms with Crippen LogP contribution in [0.2, 0.25) is 0 Å². The SMILES string of the molecule is CCOC(=O)C(C)Oc1ccc(C=NN2C(=O)C3C4C=CC(C4)C3C2=O)cc1OCC. The predicted octanol–water partition coefficient (Wildman–Crippen LogP) is 2.56. The van der Waals surface area contributed by atoms with Gasteiger partial charge in [0.15, 0.2) is 17.6 Å². The third kappa shape index (κ3) is 3.82. The number of fused-ring (bicyclic) bond motifs is 5. The maximum Gasteiger partial charge on any atom is 0.347 e. The minimum Gasteiger partial charge on any atom is -0.490 e. The van der Waals surface area contributed by atoms with Crippen molar-refractivity contribution in [2.45, 2.75) is 33.3 Å². The molecule has 31 heavy (non-hydrogen) atoms. The first-order valence-corrected chi connectivity index (χ1v) is 10.6. The third-order valence-electron chi connectivity index (χ3n) is 5.96. The van der Waals surface area contributed by atoms with Gasteiger partial charge in [0.1, 0.15) is 0 Å². The lowest BCUT2D eigenvalue weighted by atomic mass is 9.85. The molecule has 2 fully saturated rings. The van der Waals surface area contributed by atoms with E-state index in [9.17, 15) is 14.4 Å². The standard InChI is InChI=1S/C23H26N2O6/c1-4-29-18-10-14(6-9-17(18)31-13(3)23(28)30-5-2)12-24-25-21(26)19-15-7-8-16(11-15)20(19)22(25)27/h6-10,12-13,15-16,19-20H,4-5,11H2,1-3H3. The number of amides is 2. The number of nitrogens with zero attached hydrogens (tertiary/aromatic N) is 2. The van der Waals surface area contributed by atoms with E-state index in [-0.39, 0.29) is 42.1 Å². The first-order chi connectivity index (χ1) is 14.9. The van der Waals surface area contributed by atoms with E-state index in [1.807, 2.05) is 6.92 Å². The zero-order valence-electron chi connectivity index (χ0n) is 17.8. The quantitative estimate of drug-likeness (QED) is 0.274. The van der Waals surface area contributed by atoms with E-state index in [2.05, 4.69) is 17.3 Å². The Morgan fingerprint density at radius 1 is 1.13 bits per heavy atom. The highest BCUT2D eigenvalue weighted by atomic mass is 16.6. The maximum absolute atomic E-state index is 12.7. The van der Waals surface area contributed by atoms with Crippen LogP contribution in [0.1, 0.15) is 32.8 Å². The average Bonchev–Trinajstić information content (AvgIpc) is 3.43. The lowest BCUT2D eigenvalue weighted by Crippen LogP contribution is -2.28. The van der Waals surface area contributed by atoms with E-state index in [0.29, 0.717) is 23.7 Å². The molecule has 1 saturated heterocycles. The summed E-state index contributed by atoms with van der Waals surface area (Å²) >= 11 is 0. The number of ether oxygens (including phenoxy) is 3. The van der Waals surface area contributed by atoms with Gasteiger partial charge in [-0.2, -0.15) is 10.1 Å². The first-order valence-electron chi connectivity index (χ1n) is 10.6. The van der Waals surface area contributed by atoms with E-state index >= 15 is 0 Å². The summed E-state index contributed by atoms with van der Waals surface area (Å²) in [5.41, 5.74) is 0.637. The van der Waals surface area contributed by atoms with Gasteiger partial charge in [-0.15, -0.1) is 0 Å². The molecule has 164 valence electrons. The molecule has 4 rings (SSSR count). The molecule has 2 aliphatic carbocycles. The van der Waals surface area contributed by atoms with Crippen LogP contribution in [0.4, 0.5) is 0 Å². The first kappa shape index (κ1) is 21.1. The summed E-state index contributed by atoms with van der Waals surface area (Å²) in [4.78, 5) is 37.3. The topological polar surface area (TPSA) is 94.5 Å². The number of rotatable bonds is 8. The summed E-state index contributed by atoms with van der Waals surface area (Å²) in [5, 5.41) is 5.20. The Kier molecular flexibility index (Phi) is 5.80. The highest BCUT2D eigenvalue weighted by molar-refractivity contribution is 6.06. The molecule has 0 spiro atoms. The molecule has 0 aromatic heterocycles. The number of carbonyl (C=O) groups is 3. The monoisotopic (exact) mass is 426 g/mol. The largest absolute Gasteiger partial charge is 0.490 e. The van der Waals surface area contributed by atoms with Crippen LogP contribution in [0.3, 0.4) is 0 Å². The molecule has 1 heterocycles. The molecule has 5 atom stereocenters. The molecule has 1 aromatic rings. The van der Waals surface area contributed by atoms with Crippen LogP contribution < -0.4 is 9.47 Å². The zero-order chi connectivity index (χ0) is 22.1. The van der Waals surface area contributed by atoms with Crippen LogP contribution in [-0.2, 0) is 19.1 Å². The Hall–Kier alpha value is -3.16. The van der Waals surface area contributed by atoms with Gasteiger partial charge in [0.2, 0.25) is 0 Å². The van der Waals surface area contributed by atoms with Crippen molar-refractivity contribution in [1.82, 2.24) is 5.01 Å². The summed E-state index contributed by atoms with van der Waals surface area (Å²) in [5.74, 6) is -0.352. The molecular weight excluding hydrogens is 400 g/mol. The van der Waals surface area contributed by atoms with Crippen LogP contribution in [0.15, 0.2) is 35.5 Å². The number of imide groups is 1. The van der Waals surface area contributed by atoms with Crippen molar-refractivity contribution < 1.29 is 28.6 Å². The van der Waals surface area contributed by atoms with Crippen molar-refractivity contribution in [2.75, 3.05) is 13.2 Å². The van der Waals surface area contributed by atoms with Crippen molar-refractivity contribution in [3.63, 3.8) is 0 Å². The second-order valence-corrected chi connectivity index (χ2v) is 7.88. The minimum atomic E-state index is -0.790. The molecule has 1 aliphatic heterocycles. The average molecular weight is 426 g/mol. The fourth-order valence-electron chi connectivity index (χ4n) is 4.59. The molecule has 0 N–H and O–H groups in total. The van der Waals surface area contributed by atoms with Crippen LogP contribution in [-0.4, -0.2) is 48.3 Å². The molecule has 8 heteroatoms. The van der Waals surface area contributed by atoms with Gasteiger partial charge in [0, 0.05) is 0 Å². The number of hydrazone groups is 1. The molecule has 3 aliphatic rings. The molecule has 2 amide bonds. The lowest BCUT2D eigenvalue weighted by Gasteiger charge is -2.17. The number of hydrogen-bond donors (Lipinski definition) is 0. The molecule has 5 unspecified atom stereocenters. The second kappa shape index (κ2) is 8.53. The van der Waals surface area contributed by atoms with Crippen molar-refractivity contribution >= 4 is 24.0 Å². The van der Waals surface area contributed by atoms with Crippen LogP contribution >= 0.6 is 0 Å². The highest BCUT2D eigenvalue weighted by Crippen LogP contribution is 2.52. The van der Waals surface area contributed by atoms with E-state index in [0.717, 1.165) is 11.4 Å². The minimum absolute atomic E-state index is 0.147. The summed E-state index contributed by atoms with van der Waals surface area (Å²) in [7, 11) is 0. The maximum atomic E-state index is 12.7. The van der Waals surface area contributed by atoms with Gasteiger partial charge >= 0.3 is 5.97 Å². The fourth-order valence-corrected chi connectivity index (χ4v) is 4.59. The Morgan fingerprint density at radius 2 is 1.81 bits per heavy atom. The summed E-state index contributed by atoms with van der Waals surface area (Å²) in [6, 6.07) is 5.07. The van der Waals surface area contributed by atoms with Gasteiger partial charge in [-0.25, -0.2) is 4.79 Å². The normalized spacial score (nSPS) is 27.1. The Bertz CT molecular complexity index is 925. The van der Waals surface area contributed by atoms with Crippen molar-refractivity contribution in [3.8, 4) is 11.5 Å². The Morgan fingerprint density at radius 3 is 2.42 bits per heavy atom. The van der Waals surface area contributed by atoms with E-state index < -0.39 is 12.1 Å². The molecule has 2 bridgehead atoms. The summed E-state index contributed by atoms with van der Waals surface area (Å²) in [6.07, 6.45) is 5.66. The van der Waals surface area contributed by atoms with Crippen molar-refractivity contribution in [3.05, 3.63) is 35.9 Å². The van der Waals surface area contributed by atoms with E-state index in [4.69, 9.17) is 14.2 Å². The smallest absolute Gasteiger partial charge is 0.347 e.